The van der Waals surface area contributed by atoms with Crippen LogP contribution in [0.2, 0.25) is 0 Å². The zero-order valence-corrected chi connectivity index (χ0v) is 13.9. The molecule has 8 N–H and O–H groups in total. The van der Waals surface area contributed by atoms with E-state index in [2.05, 4.69) is 5.10 Å². The van der Waals surface area contributed by atoms with E-state index in [-0.39, 0.29) is 22.0 Å². The highest BCUT2D eigenvalue weighted by molar-refractivity contribution is 8.14. The molecule has 0 aromatic rings. The molecule has 13 heteroatoms. The molecule has 2 heterocycles. The quantitative estimate of drug-likeness (QED) is 0.115. The fraction of sp³-hybridized carbons (Fsp3) is 0.455. The van der Waals surface area contributed by atoms with Gasteiger partial charge in [-0.05, 0) is 5.57 Å². The normalized spacial score (nSPS) is 23.7. The van der Waals surface area contributed by atoms with Gasteiger partial charge in [0.15, 0.2) is 5.17 Å². The summed E-state index contributed by atoms with van der Waals surface area (Å²) in [7, 11) is 0. The number of amides is 1. The van der Waals surface area contributed by atoms with Crippen molar-refractivity contribution in [2.75, 3.05) is 18.1 Å². The minimum absolute atomic E-state index is 0.0356. The molecule has 0 spiro atoms. The average molecular weight is 376 g/mol. The Morgan fingerprint density at radius 3 is 2.67 bits per heavy atom. The van der Waals surface area contributed by atoms with E-state index < -0.39 is 30.4 Å². The van der Waals surface area contributed by atoms with Crippen molar-refractivity contribution in [1.29, 1.82) is 0 Å². The van der Waals surface area contributed by atoms with Gasteiger partial charge >= 0.3 is 11.9 Å². The minimum atomic E-state index is -1.22. The van der Waals surface area contributed by atoms with E-state index in [9.17, 15) is 19.5 Å². The minimum Gasteiger partial charge on any atom is -0.480 e. The van der Waals surface area contributed by atoms with Crippen LogP contribution in [0.1, 0.15) is 0 Å². The van der Waals surface area contributed by atoms with Crippen molar-refractivity contribution < 1.29 is 24.6 Å². The monoisotopic (exact) mass is 376 g/mol. The Morgan fingerprint density at radius 2 is 2.12 bits per heavy atom. The molecular formula is C11H16N6O5S2. The number of hydrogen-bond donors (Lipinski definition) is 5. The number of carbonyl (C=O) groups excluding carboxylic acids is 1. The first-order chi connectivity index (χ1) is 11.3. The Kier molecular flexibility index (Phi) is 5.58. The molecule has 2 atom stereocenters. The number of carboxylic acids is 2. The Balaban J connectivity index is 2.13. The van der Waals surface area contributed by atoms with Gasteiger partial charge in [-0.3, -0.25) is 19.5 Å². The number of carbonyl (C=O) groups is 3. The van der Waals surface area contributed by atoms with Crippen LogP contribution in [-0.2, 0) is 14.4 Å². The number of aliphatic carboxylic acids is 2. The molecule has 2 unspecified atom stereocenters. The second kappa shape index (κ2) is 7.29. The second-order valence-corrected chi connectivity index (χ2v) is 6.96. The SMILES string of the molecule is N/N=C(/SCC1=C(C(=O)O)N2C(=O)C(N)C2SC1)N(N)CC(=O)O. The molecule has 0 aromatic heterocycles. The molecule has 2 rings (SSSR count). The molecule has 0 radical (unpaired) electrons. The lowest BCUT2D eigenvalue weighted by atomic mass is 10.0. The summed E-state index contributed by atoms with van der Waals surface area (Å²) in [5, 5.41) is 22.0. The molecule has 2 aliphatic heterocycles. The van der Waals surface area contributed by atoms with Crippen LogP contribution >= 0.6 is 23.5 Å². The zero-order chi connectivity index (χ0) is 18.0. The van der Waals surface area contributed by atoms with Crippen LogP contribution in [0.25, 0.3) is 0 Å². The lowest BCUT2D eigenvalue weighted by Gasteiger charge is -2.48. The lowest BCUT2D eigenvalue weighted by Crippen LogP contribution is -2.68. The summed E-state index contributed by atoms with van der Waals surface area (Å²) < 4.78 is 0. The molecule has 1 fully saturated rings. The van der Waals surface area contributed by atoms with Crippen molar-refractivity contribution in [2.45, 2.75) is 11.4 Å². The number of β-lactam (4-membered cyclic amide) rings is 1. The van der Waals surface area contributed by atoms with E-state index in [4.69, 9.17) is 22.5 Å². The van der Waals surface area contributed by atoms with Gasteiger partial charge in [-0.2, -0.15) is 5.10 Å². The number of hydrogen-bond acceptors (Lipinski definition) is 9. The number of amidine groups is 1. The van der Waals surface area contributed by atoms with E-state index >= 15 is 0 Å². The number of nitrogens with two attached hydrogens (primary N) is 3. The predicted octanol–water partition coefficient (Wildman–Crippen LogP) is -2.21. The summed E-state index contributed by atoms with van der Waals surface area (Å²) in [5.74, 6) is 8.42. The zero-order valence-electron chi connectivity index (χ0n) is 12.3. The highest BCUT2D eigenvalue weighted by Crippen LogP contribution is 2.40. The third-order valence-corrected chi connectivity index (χ3v) is 5.78. The molecule has 1 saturated heterocycles. The standard InChI is InChI=1S/C11H16N6O5S2/c12-6-8(20)17-7(10(21)22)4(2-23-9(6)17)3-24-11(15-13)16(14)1-5(18)19/h6,9H,1-3,12-14H2,(H,18,19)(H,21,22)/b15-11+. The highest BCUT2D eigenvalue weighted by Gasteiger charge is 2.51. The van der Waals surface area contributed by atoms with E-state index in [1.165, 1.54) is 16.7 Å². The summed E-state index contributed by atoms with van der Waals surface area (Å²) in [6.07, 6.45) is 0. The fourth-order valence-electron chi connectivity index (χ4n) is 2.25. The Hall–Kier alpha value is -1.96. The summed E-state index contributed by atoms with van der Waals surface area (Å²) in [6.45, 7) is -0.510. The van der Waals surface area contributed by atoms with Crippen molar-refractivity contribution in [3.63, 3.8) is 0 Å². The van der Waals surface area contributed by atoms with Gasteiger partial charge in [-0.1, -0.05) is 11.8 Å². The summed E-state index contributed by atoms with van der Waals surface area (Å²) in [6, 6.07) is -0.699. The molecule has 0 aliphatic carbocycles. The summed E-state index contributed by atoms with van der Waals surface area (Å²) in [5.41, 5.74) is 6.05. The number of carboxylic acid groups (broad SMARTS) is 2. The molecule has 1 amide bonds. The Morgan fingerprint density at radius 1 is 1.46 bits per heavy atom. The predicted molar refractivity (Wildman–Crippen MR) is 88.3 cm³/mol. The third-order valence-electron chi connectivity index (χ3n) is 3.33. The van der Waals surface area contributed by atoms with Crippen LogP contribution in [0.5, 0.6) is 0 Å². The van der Waals surface area contributed by atoms with Crippen molar-refractivity contribution in [3.05, 3.63) is 11.3 Å². The van der Waals surface area contributed by atoms with Crippen LogP contribution in [0.15, 0.2) is 16.4 Å². The molecule has 24 heavy (non-hydrogen) atoms. The second-order valence-electron chi connectivity index (χ2n) is 4.91. The number of hydrazone groups is 1. The topological polar surface area (TPSA) is 189 Å². The Labute approximate surface area is 144 Å². The summed E-state index contributed by atoms with van der Waals surface area (Å²) >= 11 is 2.36. The Bertz CT molecular complexity index is 638. The number of fused-ring (bicyclic) bond motifs is 1. The maximum Gasteiger partial charge on any atom is 0.352 e. The first-order valence-corrected chi connectivity index (χ1v) is 8.61. The van der Waals surface area contributed by atoms with E-state index in [0.29, 0.717) is 11.3 Å². The van der Waals surface area contributed by atoms with E-state index in [0.717, 1.165) is 16.8 Å². The van der Waals surface area contributed by atoms with Crippen molar-refractivity contribution in [3.8, 4) is 0 Å². The van der Waals surface area contributed by atoms with Gasteiger partial charge in [-0.15, -0.1) is 11.8 Å². The molecule has 132 valence electrons. The molecule has 0 aromatic carbocycles. The van der Waals surface area contributed by atoms with E-state index in [1.807, 2.05) is 0 Å². The fourth-order valence-corrected chi connectivity index (χ4v) is 4.52. The summed E-state index contributed by atoms with van der Waals surface area (Å²) in [4.78, 5) is 35.2. The van der Waals surface area contributed by atoms with Crippen LogP contribution in [0, 0.1) is 0 Å². The number of hydrazine groups is 1. The van der Waals surface area contributed by atoms with Gasteiger partial charge in [0.2, 0.25) is 5.91 Å². The third kappa shape index (κ3) is 3.43. The highest BCUT2D eigenvalue weighted by atomic mass is 32.2. The van der Waals surface area contributed by atoms with Crippen LogP contribution in [0.3, 0.4) is 0 Å². The first-order valence-electron chi connectivity index (χ1n) is 6.58. The van der Waals surface area contributed by atoms with E-state index in [1.54, 1.807) is 0 Å². The smallest absolute Gasteiger partial charge is 0.352 e. The maximum absolute atomic E-state index is 11.8. The van der Waals surface area contributed by atoms with Gasteiger partial charge in [0.25, 0.3) is 0 Å². The van der Waals surface area contributed by atoms with Gasteiger partial charge in [-0.25, -0.2) is 10.6 Å². The van der Waals surface area contributed by atoms with Crippen LogP contribution < -0.4 is 17.4 Å². The largest absolute Gasteiger partial charge is 0.480 e. The lowest BCUT2D eigenvalue weighted by molar-refractivity contribution is -0.147. The van der Waals surface area contributed by atoms with Crippen molar-refractivity contribution >= 4 is 46.5 Å². The van der Waals surface area contributed by atoms with Crippen LogP contribution in [0.4, 0.5) is 0 Å². The van der Waals surface area contributed by atoms with Gasteiger partial charge in [0.05, 0.1) is 0 Å². The number of nitrogens with zero attached hydrogens (tertiary/aromatic N) is 3. The van der Waals surface area contributed by atoms with Gasteiger partial charge in [0, 0.05) is 11.5 Å². The molecule has 2 aliphatic rings. The van der Waals surface area contributed by atoms with Crippen molar-refractivity contribution in [1.82, 2.24) is 9.91 Å². The van der Waals surface area contributed by atoms with Gasteiger partial charge in [0.1, 0.15) is 23.7 Å². The number of thioether (sulfide) groups is 2. The molecule has 0 saturated carbocycles. The molecular weight excluding hydrogens is 360 g/mol. The van der Waals surface area contributed by atoms with Crippen LogP contribution in [-0.4, -0.2) is 72.6 Å². The van der Waals surface area contributed by atoms with Gasteiger partial charge < -0.3 is 21.8 Å². The first kappa shape index (κ1) is 18.4. The number of rotatable bonds is 5. The molecule has 0 bridgehead atoms. The molecule has 11 nitrogen and oxygen atoms in total. The average Bonchev–Trinajstić information content (AvgIpc) is 2.52. The maximum atomic E-state index is 11.8. The van der Waals surface area contributed by atoms with Crippen molar-refractivity contribution in [2.24, 2.45) is 22.5 Å².